The van der Waals surface area contributed by atoms with E-state index >= 15 is 0 Å². The predicted octanol–water partition coefficient (Wildman–Crippen LogP) is 3.68. The van der Waals surface area contributed by atoms with E-state index in [1.165, 1.54) is 12.1 Å². The number of ether oxygens (including phenoxy) is 1. The minimum absolute atomic E-state index is 0.0233. The van der Waals surface area contributed by atoms with Crippen molar-refractivity contribution in [1.82, 2.24) is 0 Å². The van der Waals surface area contributed by atoms with Gasteiger partial charge in [0.05, 0.1) is 4.92 Å². The van der Waals surface area contributed by atoms with E-state index in [9.17, 15) is 14.9 Å². The Morgan fingerprint density at radius 1 is 1.10 bits per heavy atom. The first-order chi connectivity index (χ1) is 10.1. The van der Waals surface area contributed by atoms with Gasteiger partial charge < -0.3 is 4.74 Å². The van der Waals surface area contributed by atoms with Crippen LogP contribution in [-0.4, -0.2) is 16.8 Å². The number of nitro benzene ring substituents is 1. The minimum atomic E-state index is -0.507. The van der Waals surface area contributed by atoms with Gasteiger partial charge in [0.1, 0.15) is 6.10 Å². The molecule has 106 valence electrons. The lowest BCUT2D eigenvalue weighted by molar-refractivity contribution is -0.384. The summed E-state index contributed by atoms with van der Waals surface area (Å²) in [6, 6.07) is 13.2. The molecule has 3 rings (SSSR count). The van der Waals surface area contributed by atoms with Crippen LogP contribution in [0, 0.1) is 10.1 Å². The number of halogens is 1. The second kappa shape index (κ2) is 5.38. The number of ketones is 1. The monoisotopic (exact) mass is 347 g/mol. The minimum Gasteiger partial charge on any atom is -0.356 e. The maximum Gasteiger partial charge on any atom is 0.269 e. The zero-order valence-corrected chi connectivity index (χ0v) is 12.3. The van der Waals surface area contributed by atoms with Crippen molar-refractivity contribution in [1.29, 1.82) is 0 Å². The number of carbonyl (C=O) groups excluding carboxylic acids is 1. The van der Waals surface area contributed by atoms with Gasteiger partial charge in [-0.25, -0.2) is 0 Å². The maximum absolute atomic E-state index is 12.2. The van der Waals surface area contributed by atoms with Crippen LogP contribution in [0.5, 0.6) is 0 Å². The lowest BCUT2D eigenvalue weighted by atomic mass is 10.0. The molecule has 1 aliphatic heterocycles. The van der Waals surface area contributed by atoms with Gasteiger partial charge in [0.25, 0.3) is 5.69 Å². The molecular weight excluding hydrogens is 338 g/mol. The van der Waals surface area contributed by atoms with Crippen LogP contribution in [0.4, 0.5) is 5.69 Å². The zero-order chi connectivity index (χ0) is 15.0. The molecule has 1 aliphatic rings. The normalized spacial score (nSPS) is 20.0. The number of benzene rings is 2. The van der Waals surface area contributed by atoms with Crippen LogP contribution in [0.3, 0.4) is 0 Å². The molecule has 2 aromatic rings. The Labute approximate surface area is 128 Å². The third kappa shape index (κ3) is 2.86. The Balaban J connectivity index is 1.72. The molecular formula is C15H10BrNO4. The van der Waals surface area contributed by atoms with Crippen molar-refractivity contribution in [2.24, 2.45) is 0 Å². The van der Waals surface area contributed by atoms with Gasteiger partial charge in [-0.2, -0.15) is 0 Å². The lowest BCUT2D eigenvalue weighted by Gasteiger charge is -1.98. The average Bonchev–Trinajstić information content (AvgIpc) is 3.28. The van der Waals surface area contributed by atoms with Crippen LogP contribution in [0.15, 0.2) is 53.0 Å². The largest absolute Gasteiger partial charge is 0.356 e. The van der Waals surface area contributed by atoms with Crippen LogP contribution in [0.25, 0.3) is 0 Å². The number of carbonyl (C=O) groups is 1. The molecule has 0 amide bonds. The van der Waals surface area contributed by atoms with Crippen molar-refractivity contribution in [3.05, 3.63) is 74.2 Å². The molecule has 0 bridgehead atoms. The maximum atomic E-state index is 12.2. The van der Waals surface area contributed by atoms with E-state index < -0.39 is 11.0 Å². The SMILES string of the molecule is O=C(c1ccc(Br)cc1)C1OC1c1ccc([N+](=O)[O-])cc1. The van der Waals surface area contributed by atoms with Crippen molar-refractivity contribution in [2.75, 3.05) is 0 Å². The number of rotatable bonds is 4. The van der Waals surface area contributed by atoms with Crippen molar-refractivity contribution < 1.29 is 14.5 Å². The lowest BCUT2D eigenvalue weighted by Crippen LogP contribution is -2.08. The van der Waals surface area contributed by atoms with Crippen molar-refractivity contribution in [3.8, 4) is 0 Å². The molecule has 1 heterocycles. The first-order valence-corrected chi connectivity index (χ1v) is 7.05. The highest BCUT2D eigenvalue weighted by atomic mass is 79.9. The van der Waals surface area contributed by atoms with E-state index in [-0.39, 0.29) is 17.6 Å². The van der Waals surface area contributed by atoms with Crippen molar-refractivity contribution in [3.63, 3.8) is 0 Å². The van der Waals surface area contributed by atoms with Gasteiger partial charge in [0.15, 0.2) is 11.9 Å². The smallest absolute Gasteiger partial charge is 0.269 e. The third-order valence-electron chi connectivity index (χ3n) is 3.31. The average molecular weight is 348 g/mol. The zero-order valence-electron chi connectivity index (χ0n) is 10.7. The van der Waals surface area contributed by atoms with E-state index in [1.807, 2.05) is 0 Å². The molecule has 0 aliphatic carbocycles. The number of Topliss-reactive ketones (excluding diaryl/α,β-unsaturated/α-hetero) is 1. The van der Waals surface area contributed by atoms with E-state index in [0.29, 0.717) is 5.56 Å². The van der Waals surface area contributed by atoms with E-state index in [0.717, 1.165) is 10.0 Å². The summed E-state index contributed by atoms with van der Waals surface area (Å²) in [4.78, 5) is 22.4. The van der Waals surface area contributed by atoms with Gasteiger partial charge in [0.2, 0.25) is 0 Å². The number of nitro groups is 1. The van der Waals surface area contributed by atoms with Crippen LogP contribution in [0.2, 0.25) is 0 Å². The first-order valence-electron chi connectivity index (χ1n) is 6.26. The molecule has 1 saturated heterocycles. The highest BCUT2D eigenvalue weighted by Gasteiger charge is 2.46. The van der Waals surface area contributed by atoms with E-state index in [4.69, 9.17) is 4.74 Å². The van der Waals surface area contributed by atoms with Crippen LogP contribution >= 0.6 is 15.9 Å². The second-order valence-corrected chi connectivity index (χ2v) is 5.61. The molecule has 0 spiro atoms. The Morgan fingerprint density at radius 2 is 1.71 bits per heavy atom. The number of epoxide rings is 1. The van der Waals surface area contributed by atoms with Crippen LogP contribution in [0.1, 0.15) is 22.0 Å². The summed E-state index contributed by atoms with van der Waals surface area (Å²) in [5.41, 5.74) is 1.39. The molecule has 21 heavy (non-hydrogen) atoms. The molecule has 6 heteroatoms. The molecule has 2 unspecified atom stereocenters. The molecule has 0 saturated carbocycles. The Kier molecular flexibility index (Phi) is 3.57. The molecule has 2 aromatic carbocycles. The van der Waals surface area contributed by atoms with Gasteiger partial charge in [-0.3, -0.25) is 14.9 Å². The molecule has 1 fully saturated rings. The molecule has 5 nitrogen and oxygen atoms in total. The molecule has 2 atom stereocenters. The quantitative estimate of drug-likeness (QED) is 0.366. The summed E-state index contributed by atoms with van der Waals surface area (Å²) in [6.07, 6.45) is -0.824. The number of hydrogen-bond acceptors (Lipinski definition) is 4. The van der Waals surface area contributed by atoms with Gasteiger partial charge in [-0.15, -0.1) is 0 Å². The highest BCUT2D eigenvalue weighted by molar-refractivity contribution is 9.10. The van der Waals surface area contributed by atoms with Gasteiger partial charge in [-0.05, 0) is 29.8 Å². The second-order valence-electron chi connectivity index (χ2n) is 4.70. The van der Waals surface area contributed by atoms with E-state index in [1.54, 1.807) is 36.4 Å². The topological polar surface area (TPSA) is 72.7 Å². The summed E-state index contributed by atoms with van der Waals surface area (Å²) >= 11 is 3.32. The molecule has 0 N–H and O–H groups in total. The number of nitrogens with zero attached hydrogens (tertiary/aromatic N) is 1. The van der Waals surface area contributed by atoms with Gasteiger partial charge in [0, 0.05) is 22.2 Å². The number of hydrogen-bond donors (Lipinski definition) is 0. The molecule has 0 radical (unpaired) electrons. The van der Waals surface area contributed by atoms with Crippen LogP contribution in [-0.2, 0) is 4.74 Å². The summed E-state index contributed by atoms with van der Waals surface area (Å²) in [5.74, 6) is -0.0779. The Bertz CT molecular complexity index is 697. The first kappa shape index (κ1) is 13.9. The van der Waals surface area contributed by atoms with Gasteiger partial charge >= 0.3 is 0 Å². The fourth-order valence-corrected chi connectivity index (χ4v) is 2.39. The number of non-ortho nitro benzene ring substituents is 1. The highest BCUT2D eigenvalue weighted by Crippen LogP contribution is 2.41. The standard InChI is InChI=1S/C15H10BrNO4/c16-11-5-1-9(2-6-11)13(18)15-14(21-15)10-3-7-12(8-4-10)17(19)20/h1-8,14-15H. The van der Waals surface area contributed by atoms with Gasteiger partial charge in [-0.1, -0.05) is 28.1 Å². The fraction of sp³-hybridized carbons (Fsp3) is 0.133. The summed E-state index contributed by atoms with van der Waals surface area (Å²) in [7, 11) is 0. The van der Waals surface area contributed by atoms with Crippen LogP contribution < -0.4 is 0 Å². The molecule has 0 aromatic heterocycles. The van der Waals surface area contributed by atoms with Crippen molar-refractivity contribution >= 4 is 27.4 Å². The van der Waals surface area contributed by atoms with E-state index in [2.05, 4.69) is 15.9 Å². The summed E-state index contributed by atoms with van der Waals surface area (Å²) in [5, 5.41) is 10.6. The Morgan fingerprint density at radius 3 is 2.29 bits per heavy atom. The van der Waals surface area contributed by atoms with Crippen molar-refractivity contribution in [2.45, 2.75) is 12.2 Å². The third-order valence-corrected chi connectivity index (χ3v) is 3.84. The summed E-state index contributed by atoms with van der Waals surface area (Å²) in [6.45, 7) is 0. The summed E-state index contributed by atoms with van der Waals surface area (Å²) < 4.78 is 6.32. The fourth-order valence-electron chi connectivity index (χ4n) is 2.13. The Hall–Kier alpha value is -2.05. The predicted molar refractivity (Wildman–Crippen MR) is 79.2 cm³/mol.